The Kier molecular flexibility index (Phi) is 5.07. The van der Waals surface area contributed by atoms with E-state index in [9.17, 15) is 4.79 Å². The second kappa shape index (κ2) is 7.60. The van der Waals surface area contributed by atoms with Crippen molar-refractivity contribution in [2.45, 2.75) is 18.9 Å². The lowest BCUT2D eigenvalue weighted by atomic mass is 9.90. The summed E-state index contributed by atoms with van der Waals surface area (Å²) in [6.45, 7) is 2.01. The molecule has 0 heterocycles. The molecule has 3 aromatic rings. The summed E-state index contributed by atoms with van der Waals surface area (Å²) in [6, 6.07) is 29.8. The summed E-state index contributed by atoms with van der Waals surface area (Å²) in [5, 5.41) is 3.15. The van der Waals surface area contributed by atoms with Gasteiger partial charge >= 0.3 is 0 Å². The van der Waals surface area contributed by atoms with E-state index >= 15 is 0 Å². The zero-order chi connectivity index (χ0) is 16.8. The van der Waals surface area contributed by atoms with E-state index in [0.717, 1.165) is 16.7 Å². The Bertz CT molecular complexity index is 729. The topological polar surface area (TPSA) is 29.1 Å². The first kappa shape index (κ1) is 16.0. The summed E-state index contributed by atoms with van der Waals surface area (Å²) in [5.74, 6) is -0.290. The molecule has 1 amide bonds. The molecule has 1 atom stereocenters. The van der Waals surface area contributed by atoms with Crippen LogP contribution in [0.2, 0.25) is 0 Å². The Labute approximate surface area is 143 Å². The van der Waals surface area contributed by atoms with Gasteiger partial charge in [0, 0.05) is 0 Å². The molecule has 3 aromatic carbocycles. The number of rotatable bonds is 5. The molecular weight excluding hydrogens is 294 g/mol. The van der Waals surface area contributed by atoms with Crippen molar-refractivity contribution in [3.8, 4) is 0 Å². The molecule has 0 aliphatic carbocycles. The Hall–Kier alpha value is -2.87. The summed E-state index contributed by atoms with van der Waals surface area (Å²) in [6.07, 6.45) is 0. The lowest BCUT2D eigenvalue weighted by Crippen LogP contribution is -2.32. The summed E-state index contributed by atoms with van der Waals surface area (Å²) in [7, 11) is 0. The summed E-state index contributed by atoms with van der Waals surface area (Å²) >= 11 is 0. The highest BCUT2D eigenvalue weighted by Crippen LogP contribution is 2.26. The van der Waals surface area contributed by atoms with Crippen molar-refractivity contribution < 1.29 is 4.79 Å². The predicted molar refractivity (Wildman–Crippen MR) is 97.7 cm³/mol. The van der Waals surface area contributed by atoms with Crippen LogP contribution in [0, 0.1) is 0 Å². The molecular formula is C22H21NO. The van der Waals surface area contributed by atoms with Gasteiger partial charge in [-0.15, -0.1) is 0 Å². The summed E-state index contributed by atoms with van der Waals surface area (Å²) in [5.41, 5.74) is 3.11. The third-order valence-electron chi connectivity index (χ3n) is 4.19. The fourth-order valence-corrected chi connectivity index (χ4v) is 2.91. The second-order valence-electron chi connectivity index (χ2n) is 5.90. The fraction of sp³-hybridized carbons (Fsp3) is 0.136. The summed E-state index contributed by atoms with van der Waals surface area (Å²) < 4.78 is 0. The van der Waals surface area contributed by atoms with Crippen LogP contribution in [0.25, 0.3) is 0 Å². The molecule has 2 heteroatoms. The lowest BCUT2D eigenvalue weighted by molar-refractivity contribution is -0.122. The van der Waals surface area contributed by atoms with E-state index < -0.39 is 0 Å². The first-order valence-electron chi connectivity index (χ1n) is 8.21. The number of hydrogen-bond donors (Lipinski definition) is 1. The van der Waals surface area contributed by atoms with E-state index in [1.54, 1.807) is 0 Å². The molecule has 0 aromatic heterocycles. The van der Waals surface area contributed by atoms with Gasteiger partial charge in [-0.2, -0.15) is 0 Å². The zero-order valence-corrected chi connectivity index (χ0v) is 13.7. The minimum absolute atomic E-state index is 0.0174. The van der Waals surface area contributed by atoms with Crippen molar-refractivity contribution in [2.75, 3.05) is 0 Å². The van der Waals surface area contributed by atoms with Crippen LogP contribution < -0.4 is 5.32 Å². The fourth-order valence-electron chi connectivity index (χ4n) is 2.91. The number of carbonyl (C=O) groups excluding carboxylic acids is 1. The molecule has 3 rings (SSSR count). The van der Waals surface area contributed by atoms with Crippen LogP contribution in [0.3, 0.4) is 0 Å². The molecule has 0 spiro atoms. The minimum Gasteiger partial charge on any atom is -0.349 e. The van der Waals surface area contributed by atoms with Gasteiger partial charge in [0.1, 0.15) is 0 Å². The van der Waals surface area contributed by atoms with E-state index in [1.807, 2.05) is 97.9 Å². The third kappa shape index (κ3) is 3.72. The SMILES string of the molecule is C[C@@H](NC(=O)C(c1ccccc1)c1ccccc1)c1ccccc1. The number of carbonyl (C=O) groups is 1. The van der Waals surface area contributed by atoms with Gasteiger partial charge in [0.2, 0.25) is 5.91 Å². The van der Waals surface area contributed by atoms with Crippen molar-refractivity contribution in [3.63, 3.8) is 0 Å². The molecule has 0 aliphatic rings. The van der Waals surface area contributed by atoms with Crippen molar-refractivity contribution in [1.29, 1.82) is 0 Å². The molecule has 0 bridgehead atoms. The van der Waals surface area contributed by atoms with Crippen LogP contribution in [0.5, 0.6) is 0 Å². The maximum atomic E-state index is 13.0. The maximum absolute atomic E-state index is 13.0. The van der Waals surface area contributed by atoms with Crippen LogP contribution in [0.1, 0.15) is 35.6 Å². The van der Waals surface area contributed by atoms with E-state index in [4.69, 9.17) is 0 Å². The average molecular weight is 315 g/mol. The van der Waals surface area contributed by atoms with Gasteiger partial charge < -0.3 is 5.32 Å². The molecule has 1 N–H and O–H groups in total. The monoisotopic (exact) mass is 315 g/mol. The van der Waals surface area contributed by atoms with Gasteiger partial charge in [-0.3, -0.25) is 4.79 Å². The van der Waals surface area contributed by atoms with Crippen LogP contribution in [0.4, 0.5) is 0 Å². The Morgan fingerprint density at radius 2 is 1.04 bits per heavy atom. The van der Waals surface area contributed by atoms with Crippen LogP contribution in [-0.2, 0) is 4.79 Å². The van der Waals surface area contributed by atoms with Gasteiger partial charge in [-0.05, 0) is 23.6 Å². The Morgan fingerprint density at radius 3 is 1.46 bits per heavy atom. The first-order valence-corrected chi connectivity index (χ1v) is 8.21. The Morgan fingerprint density at radius 1 is 0.667 bits per heavy atom. The van der Waals surface area contributed by atoms with Gasteiger partial charge in [0.05, 0.1) is 12.0 Å². The highest BCUT2D eigenvalue weighted by Gasteiger charge is 2.23. The van der Waals surface area contributed by atoms with Gasteiger partial charge in [0.25, 0.3) is 0 Å². The molecule has 120 valence electrons. The average Bonchev–Trinajstić information content (AvgIpc) is 2.64. The Balaban J connectivity index is 1.87. The molecule has 0 aliphatic heterocycles. The molecule has 0 radical (unpaired) electrons. The normalized spacial score (nSPS) is 11.9. The summed E-state index contributed by atoms with van der Waals surface area (Å²) in [4.78, 5) is 13.0. The zero-order valence-electron chi connectivity index (χ0n) is 13.7. The predicted octanol–water partition coefficient (Wildman–Crippen LogP) is 4.70. The van der Waals surface area contributed by atoms with Crippen molar-refractivity contribution in [3.05, 3.63) is 108 Å². The second-order valence-corrected chi connectivity index (χ2v) is 5.90. The number of benzene rings is 3. The smallest absolute Gasteiger partial charge is 0.232 e. The maximum Gasteiger partial charge on any atom is 0.232 e. The van der Waals surface area contributed by atoms with Crippen LogP contribution >= 0.6 is 0 Å². The van der Waals surface area contributed by atoms with E-state index in [1.165, 1.54) is 0 Å². The van der Waals surface area contributed by atoms with E-state index in [-0.39, 0.29) is 17.9 Å². The van der Waals surface area contributed by atoms with Crippen LogP contribution in [0.15, 0.2) is 91.0 Å². The molecule has 0 fully saturated rings. The minimum atomic E-state index is -0.307. The quantitative estimate of drug-likeness (QED) is 0.727. The number of hydrogen-bond acceptors (Lipinski definition) is 1. The highest BCUT2D eigenvalue weighted by molar-refractivity contribution is 5.87. The largest absolute Gasteiger partial charge is 0.349 e. The standard InChI is InChI=1S/C22H21NO/c1-17(18-11-5-2-6-12-18)23-22(24)21(19-13-7-3-8-14-19)20-15-9-4-10-16-20/h2-17,21H,1H3,(H,23,24)/t17-/m1/s1. The molecule has 24 heavy (non-hydrogen) atoms. The van der Waals surface area contributed by atoms with Gasteiger partial charge in [-0.1, -0.05) is 91.0 Å². The lowest BCUT2D eigenvalue weighted by Gasteiger charge is -2.21. The first-order chi connectivity index (χ1) is 11.8. The molecule has 0 saturated heterocycles. The van der Waals surface area contributed by atoms with Gasteiger partial charge in [0.15, 0.2) is 0 Å². The van der Waals surface area contributed by atoms with E-state index in [0.29, 0.717) is 0 Å². The number of nitrogens with one attached hydrogen (secondary N) is 1. The van der Waals surface area contributed by atoms with E-state index in [2.05, 4.69) is 5.32 Å². The number of amides is 1. The van der Waals surface area contributed by atoms with Crippen molar-refractivity contribution in [2.24, 2.45) is 0 Å². The van der Waals surface area contributed by atoms with Crippen molar-refractivity contribution in [1.82, 2.24) is 5.32 Å². The van der Waals surface area contributed by atoms with Crippen LogP contribution in [-0.4, -0.2) is 5.91 Å². The molecule has 2 nitrogen and oxygen atoms in total. The molecule has 0 unspecified atom stereocenters. The van der Waals surface area contributed by atoms with Crippen molar-refractivity contribution >= 4 is 5.91 Å². The molecule has 0 saturated carbocycles. The highest BCUT2D eigenvalue weighted by atomic mass is 16.1. The third-order valence-corrected chi connectivity index (χ3v) is 4.19. The van der Waals surface area contributed by atoms with Gasteiger partial charge in [-0.25, -0.2) is 0 Å².